The average Bonchev–Trinajstić information content (AvgIpc) is 2.29. The van der Waals surface area contributed by atoms with Gasteiger partial charge < -0.3 is 16.2 Å². The summed E-state index contributed by atoms with van der Waals surface area (Å²) >= 11 is 22.1. The van der Waals surface area contributed by atoms with Gasteiger partial charge in [-0.1, -0.05) is 46.4 Å². The third-order valence-corrected chi connectivity index (χ3v) is 3.06. The molecule has 0 aliphatic rings. The fraction of sp³-hybridized carbons (Fsp3) is 0.0909. The number of hydrogen-bond donors (Lipinski definition) is 3. The lowest BCUT2D eigenvalue weighted by Crippen LogP contribution is -2.19. The number of carbonyl (C=O) groups is 2. The highest BCUT2D eigenvalue weighted by Gasteiger charge is 2.24. The van der Waals surface area contributed by atoms with Crippen LogP contribution in [0.5, 0.6) is 0 Å². The predicted molar refractivity (Wildman–Crippen MR) is 79.6 cm³/mol. The SMILES string of the molecule is N/C(=C\C(=O)Nc1ccc(Cl)c(C(=O)O)c1)C(Cl)(Cl)Cl. The Labute approximate surface area is 134 Å². The van der Waals surface area contributed by atoms with Gasteiger partial charge in [-0.2, -0.15) is 0 Å². The molecule has 0 saturated carbocycles. The van der Waals surface area contributed by atoms with Gasteiger partial charge in [-0.3, -0.25) is 4.79 Å². The zero-order chi connectivity index (χ0) is 15.5. The van der Waals surface area contributed by atoms with Gasteiger partial charge in [-0.25, -0.2) is 4.79 Å². The fourth-order valence-electron chi connectivity index (χ4n) is 1.17. The number of alkyl halides is 3. The van der Waals surface area contributed by atoms with Crippen molar-refractivity contribution >= 4 is 64.0 Å². The van der Waals surface area contributed by atoms with Crippen LogP contribution in [0.25, 0.3) is 0 Å². The molecule has 1 aromatic carbocycles. The maximum absolute atomic E-state index is 11.6. The summed E-state index contributed by atoms with van der Waals surface area (Å²) in [5.74, 6) is -1.89. The van der Waals surface area contributed by atoms with Gasteiger partial charge in [0.1, 0.15) is 0 Å². The third kappa shape index (κ3) is 4.76. The van der Waals surface area contributed by atoms with E-state index in [0.29, 0.717) is 0 Å². The Morgan fingerprint density at radius 1 is 1.30 bits per heavy atom. The Balaban J connectivity index is 2.92. The second-order valence-corrected chi connectivity index (χ2v) is 6.27. The van der Waals surface area contributed by atoms with Crippen LogP contribution in [0.15, 0.2) is 30.0 Å². The van der Waals surface area contributed by atoms with E-state index in [1.165, 1.54) is 18.2 Å². The molecule has 0 fully saturated rings. The number of anilines is 1. The number of allylic oxidation sites excluding steroid dienone is 1. The Kier molecular flexibility index (Phi) is 5.53. The van der Waals surface area contributed by atoms with Crippen molar-refractivity contribution in [3.05, 3.63) is 40.6 Å². The number of nitrogens with one attached hydrogen (secondary N) is 1. The van der Waals surface area contributed by atoms with E-state index in [0.717, 1.165) is 6.08 Å². The first-order chi connectivity index (χ1) is 9.11. The smallest absolute Gasteiger partial charge is 0.337 e. The maximum Gasteiger partial charge on any atom is 0.337 e. The van der Waals surface area contributed by atoms with Gasteiger partial charge in [0.15, 0.2) is 0 Å². The fourth-order valence-corrected chi connectivity index (χ4v) is 1.53. The van der Waals surface area contributed by atoms with E-state index in [2.05, 4.69) is 5.32 Å². The minimum atomic E-state index is -1.90. The zero-order valence-electron chi connectivity index (χ0n) is 9.66. The van der Waals surface area contributed by atoms with Crippen molar-refractivity contribution < 1.29 is 14.7 Å². The number of aromatic carboxylic acids is 1. The molecular formula is C11H8Cl4N2O3. The zero-order valence-corrected chi connectivity index (χ0v) is 12.7. The van der Waals surface area contributed by atoms with Crippen LogP contribution in [0, 0.1) is 0 Å². The van der Waals surface area contributed by atoms with Crippen LogP contribution >= 0.6 is 46.4 Å². The van der Waals surface area contributed by atoms with E-state index < -0.39 is 15.7 Å². The van der Waals surface area contributed by atoms with Gasteiger partial charge in [0.25, 0.3) is 0 Å². The van der Waals surface area contributed by atoms with Crippen molar-refractivity contribution in [3.63, 3.8) is 0 Å². The lowest BCUT2D eigenvalue weighted by atomic mass is 10.2. The summed E-state index contributed by atoms with van der Waals surface area (Å²) < 4.78 is -1.90. The van der Waals surface area contributed by atoms with Crippen molar-refractivity contribution in [1.82, 2.24) is 0 Å². The number of rotatable bonds is 3. The number of carbonyl (C=O) groups excluding carboxylic acids is 1. The summed E-state index contributed by atoms with van der Waals surface area (Å²) in [6.45, 7) is 0. The van der Waals surface area contributed by atoms with E-state index in [1.807, 2.05) is 0 Å². The lowest BCUT2D eigenvalue weighted by molar-refractivity contribution is -0.112. The number of halogens is 4. The van der Waals surface area contributed by atoms with E-state index in [-0.39, 0.29) is 22.0 Å². The first kappa shape index (κ1) is 16.9. The molecule has 0 unspecified atom stereocenters. The highest BCUT2D eigenvalue weighted by Crippen LogP contribution is 2.31. The minimum Gasteiger partial charge on any atom is -0.478 e. The number of nitrogens with two attached hydrogens (primary N) is 1. The molecule has 108 valence electrons. The molecule has 0 heterocycles. The Hall–Kier alpha value is -1.14. The number of amides is 1. The van der Waals surface area contributed by atoms with Gasteiger partial charge in [0.05, 0.1) is 16.3 Å². The number of hydrogen-bond acceptors (Lipinski definition) is 3. The van der Waals surface area contributed by atoms with Crippen LogP contribution < -0.4 is 11.1 Å². The van der Waals surface area contributed by atoms with Crippen LogP contribution in [0.2, 0.25) is 5.02 Å². The van der Waals surface area contributed by atoms with E-state index in [1.54, 1.807) is 0 Å². The molecule has 9 heteroatoms. The van der Waals surface area contributed by atoms with Crippen LogP contribution in [0.4, 0.5) is 5.69 Å². The standard InChI is InChI=1S/C11H8Cl4N2O3/c12-7-2-1-5(3-6(7)10(19)20)17-9(18)4-8(16)11(13,14)15/h1-4H,16H2,(H,17,18)(H,19,20)/b8-4-. The van der Waals surface area contributed by atoms with Crippen LogP contribution in [-0.4, -0.2) is 20.8 Å². The molecular weight excluding hydrogens is 350 g/mol. The highest BCUT2D eigenvalue weighted by atomic mass is 35.6. The van der Waals surface area contributed by atoms with Crippen molar-refractivity contribution in [2.45, 2.75) is 3.79 Å². The largest absolute Gasteiger partial charge is 0.478 e. The highest BCUT2D eigenvalue weighted by molar-refractivity contribution is 6.69. The molecule has 1 amide bonds. The van der Waals surface area contributed by atoms with Gasteiger partial charge >= 0.3 is 5.97 Å². The lowest BCUT2D eigenvalue weighted by Gasteiger charge is -2.11. The summed E-state index contributed by atoms with van der Waals surface area (Å²) in [7, 11) is 0. The Bertz CT molecular complexity index is 582. The molecule has 20 heavy (non-hydrogen) atoms. The molecule has 4 N–H and O–H groups in total. The molecule has 0 aliphatic carbocycles. The summed E-state index contributed by atoms with van der Waals surface area (Å²) in [4.78, 5) is 22.5. The molecule has 0 radical (unpaired) electrons. The van der Waals surface area contributed by atoms with E-state index in [9.17, 15) is 9.59 Å². The maximum atomic E-state index is 11.6. The monoisotopic (exact) mass is 356 g/mol. The quantitative estimate of drug-likeness (QED) is 0.572. The molecule has 0 aromatic heterocycles. The first-order valence-electron chi connectivity index (χ1n) is 4.99. The van der Waals surface area contributed by atoms with Crippen LogP contribution in [-0.2, 0) is 4.79 Å². The Morgan fingerprint density at radius 3 is 2.40 bits per heavy atom. The second-order valence-electron chi connectivity index (χ2n) is 3.59. The summed E-state index contributed by atoms with van der Waals surface area (Å²) in [6, 6.07) is 3.95. The molecule has 0 saturated heterocycles. The summed E-state index contributed by atoms with van der Waals surface area (Å²) in [6.07, 6.45) is 0.891. The van der Waals surface area contributed by atoms with Crippen molar-refractivity contribution in [2.75, 3.05) is 5.32 Å². The molecule has 0 aliphatic heterocycles. The number of carboxylic acids is 1. The van der Waals surface area contributed by atoms with Crippen molar-refractivity contribution in [3.8, 4) is 0 Å². The van der Waals surface area contributed by atoms with Crippen LogP contribution in [0.3, 0.4) is 0 Å². The first-order valence-corrected chi connectivity index (χ1v) is 6.50. The number of carboxylic acid groups (broad SMARTS) is 1. The number of benzene rings is 1. The summed E-state index contributed by atoms with van der Waals surface area (Å²) in [5.41, 5.74) is 5.19. The van der Waals surface area contributed by atoms with Crippen molar-refractivity contribution in [1.29, 1.82) is 0 Å². The molecule has 1 aromatic rings. The topological polar surface area (TPSA) is 92.4 Å². The third-order valence-electron chi connectivity index (χ3n) is 2.08. The molecule has 0 atom stereocenters. The average molecular weight is 358 g/mol. The minimum absolute atomic E-state index is 0.0480. The van der Waals surface area contributed by atoms with Crippen molar-refractivity contribution in [2.24, 2.45) is 5.73 Å². The van der Waals surface area contributed by atoms with Gasteiger partial charge in [-0.05, 0) is 18.2 Å². The molecule has 5 nitrogen and oxygen atoms in total. The van der Waals surface area contributed by atoms with E-state index in [4.69, 9.17) is 57.2 Å². The predicted octanol–water partition coefficient (Wildman–Crippen LogP) is 3.19. The van der Waals surface area contributed by atoms with Crippen LogP contribution in [0.1, 0.15) is 10.4 Å². The second kappa shape index (κ2) is 6.54. The summed E-state index contributed by atoms with van der Waals surface area (Å²) in [5, 5.41) is 11.3. The van der Waals surface area contributed by atoms with Gasteiger partial charge in [0.2, 0.25) is 9.70 Å². The van der Waals surface area contributed by atoms with Gasteiger partial charge in [-0.15, -0.1) is 0 Å². The Morgan fingerprint density at radius 2 is 1.90 bits per heavy atom. The molecule has 0 spiro atoms. The molecule has 0 bridgehead atoms. The van der Waals surface area contributed by atoms with Gasteiger partial charge in [0, 0.05) is 11.8 Å². The molecule has 1 rings (SSSR count). The van der Waals surface area contributed by atoms with E-state index >= 15 is 0 Å². The normalized spacial score (nSPS) is 12.1.